The first-order valence-corrected chi connectivity index (χ1v) is 10.3. The standard InChI is InChI=1S/C16H21N7O3S/c1-11-14(12(2)26-21-11)27(24,25)20-5-8-23-16-13(9-19-23)15(17-10-18-16)22-6-3-4-7-22/h9-10,20H,3-8H2,1-2H3. The predicted molar refractivity (Wildman–Crippen MR) is 97.9 cm³/mol. The maximum absolute atomic E-state index is 12.5. The molecule has 0 amide bonds. The van der Waals surface area contributed by atoms with E-state index in [4.69, 9.17) is 4.52 Å². The third kappa shape index (κ3) is 3.28. The number of anilines is 1. The molecule has 1 aliphatic rings. The maximum atomic E-state index is 12.5. The highest BCUT2D eigenvalue weighted by molar-refractivity contribution is 7.89. The smallest absolute Gasteiger partial charge is 0.246 e. The van der Waals surface area contributed by atoms with E-state index >= 15 is 0 Å². The van der Waals surface area contributed by atoms with Crippen LogP contribution >= 0.6 is 0 Å². The quantitative estimate of drug-likeness (QED) is 0.661. The van der Waals surface area contributed by atoms with Gasteiger partial charge in [-0.2, -0.15) is 5.10 Å². The van der Waals surface area contributed by atoms with Gasteiger partial charge in [0.1, 0.15) is 22.7 Å². The largest absolute Gasteiger partial charge is 0.360 e. The minimum absolute atomic E-state index is 0.0893. The van der Waals surface area contributed by atoms with Gasteiger partial charge in [-0.05, 0) is 26.7 Å². The number of fused-ring (bicyclic) bond motifs is 1. The van der Waals surface area contributed by atoms with Crippen molar-refractivity contribution in [3.05, 3.63) is 24.0 Å². The summed E-state index contributed by atoms with van der Waals surface area (Å²) >= 11 is 0. The Hall–Kier alpha value is -2.53. The molecular weight excluding hydrogens is 370 g/mol. The van der Waals surface area contributed by atoms with Crippen LogP contribution in [0.15, 0.2) is 21.9 Å². The van der Waals surface area contributed by atoms with Gasteiger partial charge in [0, 0.05) is 19.6 Å². The van der Waals surface area contributed by atoms with Crippen LogP contribution in [0.4, 0.5) is 5.82 Å². The molecule has 0 aliphatic carbocycles. The molecule has 4 heterocycles. The van der Waals surface area contributed by atoms with Crippen molar-refractivity contribution in [2.75, 3.05) is 24.5 Å². The Bertz CT molecular complexity index is 1050. The van der Waals surface area contributed by atoms with E-state index in [0.29, 0.717) is 17.9 Å². The molecule has 0 bridgehead atoms. The van der Waals surface area contributed by atoms with Gasteiger partial charge in [0.2, 0.25) is 10.0 Å². The number of hydrogen-bond acceptors (Lipinski definition) is 8. The normalized spacial score (nSPS) is 15.1. The summed E-state index contributed by atoms with van der Waals surface area (Å²) < 4.78 is 34.2. The summed E-state index contributed by atoms with van der Waals surface area (Å²) in [5.41, 5.74) is 1.04. The number of aromatic nitrogens is 5. The van der Waals surface area contributed by atoms with E-state index < -0.39 is 10.0 Å². The summed E-state index contributed by atoms with van der Waals surface area (Å²) in [4.78, 5) is 11.1. The molecule has 0 unspecified atom stereocenters. The molecule has 0 radical (unpaired) electrons. The molecule has 1 N–H and O–H groups in total. The molecule has 0 spiro atoms. The van der Waals surface area contributed by atoms with E-state index in [2.05, 4.69) is 29.8 Å². The van der Waals surface area contributed by atoms with Gasteiger partial charge < -0.3 is 9.42 Å². The Morgan fingerprint density at radius 2 is 2.00 bits per heavy atom. The van der Waals surface area contributed by atoms with Crippen molar-refractivity contribution in [1.29, 1.82) is 0 Å². The highest BCUT2D eigenvalue weighted by Crippen LogP contribution is 2.25. The minimum Gasteiger partial charge on any atom is -0.360 e. The SMILES string of the molecule is Cc1noc(C)c1S(=O)(=O)NCCn1ncc2c(N3CCCC3)ncnc21. The first-order chi connectivity index (χ1) is 13.0. The van der Waals surface area contributed by atoms with E-state index in [-0.39, 0.29) is 17.2 Å². The molecule has 3 aromatic rings. The summed E-state index contributed by atoms with van der Waals surface area (Å²) in [6, 6.07) is 0. The molecule has 11 heteroatoms. The molecule has 1 aliphatic heterocycles. The molecule has 1 fully saturated rings. The number of rotatable bonds is 6. The van der Waals surface area contributed by atoms with Crippen LogP contribution in [0.3, 0.4) is 0 Å². The van der Waals surface area contributed by atoms with E-state index in [1.54, 1.807) is 24.7 Å². The van der Waals surface area contributed by atoms with Gasteiger partial charge in [0.25, 0.3) is 0 Å². The van der Waals surface area contributed by atoms with E-state index in [0.717, 1.165) is 37.1 Å². The molecule has 0 aromatic carbocycles. The van der Waals surface area contributed by atoms with Crippen molar-refractivity contribution < 1.29 is 12.9 Å². The topological polar surface area (TPSA) is 119 Å². The van der Waals surface area contributed by atoms with Crippen LogP contribution in [0.5, 0.6) is 0 Å². The van der Waals surface area contributed by atoms with Gasteiger partial charge in [-0.3, -0.25) is 0 Å². The van der Waals surface area contributed by atoms with Gasteiger partial charge in [-0.25, -0.2) is 27.8 Å². The van der Waals surface area contributed by atoms with E-state index in [1.807, 2.05) is 0 Å². The zero-order valence-corrected chi connectivity index (χ0v) is 16.0. The van der Waals surface area contributed by atoms with Crippen LogP contribution in [0, 0.1) is 13.8 Å². The second-order valence-corrected chi connectivity index (χ2v) is 8.25. The lowest BCUT2D eigenvalue weighted by molar-refractivity contribution is 0.390. The molecular formula is C16H21N7O3S. The molecule has 0 saturated carbocycles. The average molecular weight is 391 g/mol. The fraction of sp³-hybridized carbons (Fsp3) is 0.500. The van der Waals surface area contributed by atoms with Crippen molar-refractivity contribution >= 4 is 26.9 Å². The number of sulfonamides is 1. The van der Waals surface area contributed by atoms with Crippen LogP contribution in [-0.2, 0) is 16.6 Å². The van der Waals surface area contributed by atoms with Crippen LogP contribution < -0.4 is 9.62 Å². The van der Waals surface area contributed by atoms with Crippen molar-refractivity contribution in [3.8, 4) is 0 Å². The van der Waals surface area contributed by atoms with Crippen LogP contribution in [0.1, 0.15) is 24.3 Å². The third-order valence-corrected chi connectivity index (χ3v) is 6.37. The average Bonchev–Trinajstić information content (AvgIpc) is 3.35. The molecule has 144 valence electrons. The lowest BCUT2D eigenvalue weighted by atomic mass is 10.3. The third-order valence-electron chi connectivity index (χ3n) is 4.67. The van der Waals surface area contributed by atoms with Crippen molar-refractivity contribution in [1.82, 2.24) is 29.6 Å². The van der Waals surface area contributed by atoms with Gasteiger partial charge in [0.15, 0.2) is 11.4 Å². The summed E-state index contributed by atoms with van der Waals surface area (Å²) in [5, 5.41) is 8.94. The molecule has 1 saturated heterocycles. The number of aryl methyl sites for hydroxylation is 2. The first-order valence-electron chi connectivity index (χ1n) is 8.81. The summed E-state index contributed by atoms with van der Waals surface area (Å²) in [5.74, 6) is 1.16. The van der Waals surface area contributed by atoms with Gasteiger partial charge in [-0.1, -0.05) is 5.16 Å². The number of nitrogens with one attached hydrogen (secondary N) is 1. The van der Waals surface area contributed by atoms with E-state index in [1.165, 1.54) is 6.33 Å². The zero-order valence-electron chi connectivity index (χ0n) is 15.2. The molecule has 10 nitrogen and oxygen atoms in total. The Balaban J connectivity index is 1.51. The lowest BCUT2D eigenvalue weighted by Crippen LogP contribution is -2.28. The highest BCUT2D eigenvalue weighted by Gasteiger charge is 2.24. The fourth-order valence-corrected chi connectivity index (χ4v) is 4.79. The number of nitrogens with zero attached hydrogens (tertiary/aromatic N) is 6. The lowest BCUT2D eigenvalue weighted by Gasteiger charge is -2.16. The second kappa shape index (κ2) is 6.89. The van der Waals surface area contributed by atoms with Crippen molar-refractivity contribution in [2.45, 2.75) is 38.1 Å². The predicted octanol–water partition coefficient (Wildman–Crippen LogP) is 1.01. The Labute approximate surface area is 156 Å². The first kappa shape index (κ1) is 17.9. The van der Waals surface area contributed by atoms with Gasteiger partial charge in [0.05, 0.1) is 18.1 Å². The van der Waals surface area contributed by atoms with Crippen LogP contribution in [-0.4, -0.2) is 53.0 Å². The molecule has 27 heavy (non-hydrogen) atoms. The number of hydrogen-bond donors (Lipinski definition) is 1. The maximum Gasteiger partial charge on any atom is 0.246 e. The molecule has 0 atom stereocenters. The molecule has 4 rings (SSSR count). The van der Waals surface area contributed by atoms with Gasteiger partial charge >= 0.3 is 0 Å². The van der Waals surface area contributed by atoms with Crippen molar-refractivity contribution in [3.63, 3.8) is 0 Å². The fourth-order valence-electron chi connectivity index (χ4n) is 3.44. The molecule has 3 aromatic heterocycles. The van der Waals surface area contributed by atoms with Crippen LogP contribution in [0.2, 0.25) is 0 Å². The zero-order chi connectivity index (χ0) is 19.0. The second-order valence-electron chi connectivity index (χ2n) is 6.55. The summed E-state index contributed by atoms with van der Waals surface area (Å²) in [6.07, 6.45) is 5.58. The summed E-state index contributed by atoms with van der Waals surface area (Å²) in [6.45, 7) is 5.66. The monoisotopic (exact) mass is 391 g/mol. The van der Waals surface area contributed by atoms with Crippen LogP contribution in [0.25, 0.3) is 11.0 Å². The summed E-state index contributed by atoms with van der Waals surface area (Å²) in [7, 11) is -3.69. The Morgan fingerprint density at radius 3 is 2.70 bits per heavy atom. The minimum atomic E-state index is -3.69. The Kier molecular flexibility index (Phi) is 4.56. The van der Waals surface area contributed by atoms with Crippen molar-refractivity contribution in [2.24, 2.45) is 0 Å². The Morgan fingerprint density at radius 1 is 1.22 bits per heavy atom. The highest BCUT2D eigenvalue weighted by atomic mass is 32.2. The van der Waals surface area contributed by atoms with E-state index in [9.17, 15) is 8.42 Å². The van der Waals surface area contributed by atoms with Gasteiger partial charge in [-0.15, -0.1) is 0 Å².